The fourth-order valence-electron chi connectivity index (χ4n) is 11.4. The van der Waals surface area contributed by atoms with E-state index in [0.717, 1.165) is 57.8 Å². The summed E-state index contributed by atoms with van der Waals surface area (Å²) in [7, 11) is 1.52. The minimum absolute atomic E-state index is 0.0461. The molecule has 0 aromatic heterocycles. The lowest BCUT2D eigenvalue weighted by molar-refractivity contribution is -0.870. The van der Waals surface area contributed by atoms with Gasteiger partial charge in [-0.3, -0.25) is 18.6 Å². The molecule has 0 bridgehead atoms. The van der Waals surface area contributed by atoms with Crippen LogP contribution in [0.2, 0.25) is 0 Å². The maximum atomic E-state index is 13.6. The Morgan fingerprint density at radius 1 is 0.415 bits per heavy atom. The average molecular weight is 1180 g/mol. The number of allylic oxidation sites excluding steroid dienone is 1. The summed E-state index contributed by atoms with van der Waals surface area (Å²) in [6.45, 7) is 7.10. The van der Waals surface area contributed by atoms with Crippen LogP contribution in [0.25, 0.3) is 0 Å². The van der Waals surface area contributed by atoms with Crippen LogP contribution in [0, 0.1) is 0 Å². The van der Waals surface area contributed by atoms with Gasteiger partial charge in [-0.15, -0.1) is 0 Å². The van der Waals surface area contributed by atoms with Gasteiger partial charge in [0.2, 0.25) is 5.91 Å². The molecule has 0 aromatic rings. The molecule has 0 aromatic carbocycles. The minimum atomic E-state index is -4.45. The van der Waals surface area contributed by atoms with Gasteiger partial charge in [-0.2, -0.15) is 0 Å². The summed E-state index contributed by atoms with van der Waals surface area (Å²) in [4.78, 5) is 37.9. The van der Waals surface area contributed by atoms with Crippen LogP contribution in [0.4, 0.5) is 0 Å². The minimum Gasteiger partial charge on any atom is -0.456 e. The number of carbonyl (C=O) groups is 2. The maximum absolute atomic E-state index is 13.6. The Bertz CT molecular complexity index is 1410. The van der Waals surface area contributed by atoms with Gasteiger partial charge in [-0.05, 0) is 31.8 Å². The molecular weight excluding hydrogens is 1040 g/mol. The van der Waals surface area contributed by atoms with Crippen molar-refractivity contribution in [2.45, 2.75) is 399 Å². The third kappa shape index (κ3) is 63.3. The Balaban J connectivity index is 4.96. The van der Waals surface area contributed by atoms with E-state index in [2.05, 4.69) is 32.2 Å². The summed E-state index contributed by atoms with van der Waals surface area (Å²) in [5, 5.41) is 3.08. The highest BCUT2D eigenvalue weighted by atomic mass is 31.2. The fraction of sp³-hybridized carbons (Fsp3) is 0.944. The van der Waals surface area contributed by atoms with E-state index in [1.165, 1.54) is 295 Å². The molecule has 82 heavy (non-hydrogen) atoms. The largest absolute Gasteiger partial charge is 0.472 e. The molecule has 0 spiro atoms. The molecule has 3 unspecified atom stereocenters. The predicted molar refractivity (Wildman–Crippen MR) is 356 cm³/mol. The summed E-state index contributed by atoms with van der Waals surface area (Å²) in [5.74, 6) is -0.476. The summed E-state index contributed by atoms with van der Waals surface area (Å²) in [5.41, 5.74) is 0. The molecular formula is C72H144N2O7P+. The van der Waals surface area contributed by atoms with Crippen LogP contribution in [-0.2, 0) is 27.9 Å². The van der Waals surface area contributed by atoms with Crippen LogP contribution in [0.3, 0.4) is 0 Å². The number of quaternary nitrogens is 1. The molecule has 9 nitrogen and oxygen atoms in total. The molecule has 2 N–H and O–H groups in total. The number of likely N-dealkylation sites (N-methyl/N-ethyl adjacent to an activating group) is 1. The smallest absolute Gasteiger partial charge is 0.456 e. The number of esters is 1. The number of phosphoric ester groups is 1. The van der Waals surface area contributed by atoms with Crippen LogP contribution < -0.4 is 5.32 Å². The van der Waals surface area contributed by atoms with Crippen LogP contribution in [0.5, 0.6) is 0 Å². The van der Waals surface area contributed by atoms with Crippen molar-refractivity contribution in [2.75, 3.05) is 40.9 Å². The van der Waals surface area contributed by atoms with Gasteiger partial charge in [-0.25, -0.2) is 4.57 Å². The van der Waals surface area contributed by atoms with Gasteiger partial charge in [0.25, 0.3) is 0 Å². The van der Waals surface area contributed by atoms with Crippen molar-refractivity contribution in [3.8, 4) is 0 Å². The van der Waals surface area contributed by atoms with E-state index < -0.39 is 20.0 Å². The number of ether oxygens (including phenoxy) is 1. The van der Waals surface area contributed by atoms with Crippen molar-refractivity contribution in [3.63, 3.8) is 0 Å². The van der Waals surface area contributed by atoms with Crippen molar-refractivity contribution >= 4 is 19.7 Å². The van der Waals surface area contributed by atoms with Gasteiger partial charge in [0.15, 0.2) is 0 Å². The summed E-state index contributed by atoms with van der Waals surface area (Å²) in [6, 6.07) is -0.840. The number of amides is 1. The molecule has 0 rings (SSSR count). The molecule has 1 amide bonds. The molecule has 10 heteroatoms. The second-order valence-corrected chi connectivity index (χ2v) is 27.9. The molecule has 0 saturated heterocycles. The number of hydrogen-bond donors (Lipinski definition) is 2. The molecule has 3 atom stereocenters. The Kier molecular flexibility index (Phi) is 61.8. The van der Waals surface area contributed by atoms with E-state index in [-0.39, 0.29) is 25.1 Å². The second kappa shape index (κ2) is 62.8. The van der Waals surface area contributed by atoms with E-state index >= 15 is 0 Å². The number of rotatable bonds is 68. The Morgan fingerprint density at radius 3 is 1.00 bits per heavy atom. The van der Waals surface area contributed by atoms with Gasteiger partial charge < -0.3 is 19.4 Å². The van der Waals surface area contributed by atoms with E-state index in [1.54, 1.807) is 0 Å². The lowest BCUT2D eigenvalue weighted by Gasteiger charge is -2.27. The third-order valence-electron chi connectivity index (χ3n) is 17.0. The molecule has 0 fully saturated rings. The lowest BCUT2D eigenvalue weighted by Crippen LogP contribution is -2.47. The van der Waals surface area contributed by atoms with E-state index in [1.807, 2.05) is 27.2 Å². The Morgan fingerprint density at radius 2 is 0.695 bits per heavy atom. The summed E-state index contributed by atoms with van der Waals surface area (Å²) < 4.78 is 30.9. The molecule has 0 aliphatic carbocycles. The number of nitrogens with one attached hydrogen (secondary N) is 1. The molecule has 0 heterocycles. The van der Waals surface area contributed by atoms with Crippen LogP contribution in [0.15, 0.2) is 12.2 Å². The Hall–Kier alpha value is -1.25. The SMILES string of the molecule is CCCCCCCCCCCCC/C=C\C(OC(=O)CCCCCCCCCCCCCCCCCCCCCCCCCCCCC)C(COP(=O)(O)OCC[N+](C)(C)C)NC(=O)CCCCCCCCCCCCCCCCCC. The van der Waals surface area contributed by atoms with Crippen LogP contribution in [-0.4, -0.2) is 74.3 Å². The van der Waals surface area contributed by atoms with Crippen LogP contribution >= 0.6 is 7.82 Å². The monoisotopic (exact) mass is 1180 g/mol. The first-order valence-corrected chi connectivity index (χ1v) is 38.0. The fourth-order valence-corrected chi connectivity index (χ4v) is 12.1. The molecule has 0 aliphatic heterocycles. The highest BCUT2D eigenvalue weighted by Gasteiger charge is 2.30. The third-order valence-corrected chi connectivity index (χ3v) is 18.0. The van der Waals surface area contributed by atoms with Crippen molar-refractivity contribution in [1.29, 1.82) is 0 Å². The predicted octanol–water partition coefficient (Wildman–Crippen LogP) is 23.1. The van der Waals surface area contributed by atoms with Gasteiger partial charge in [0.1, 0.15) is 19.3 Å². The Labute approximate surface area is 511 Å². The number of unbranched alkanes of at least 4 members (excludes halogenated alkanes) is 52. The van der Waals surface area contributed by atoms with Gasteiger partial charge in [0, 0.05) is 12.8 Å². The molecule has 488 valence electrons. The van der Waals surface area contributed by atoms with E-state index in [4.69, 9.17) is 13.8 Å². The first-order chi connectivity index (χ1) is 39.9. The number of hydrogen-bond acceptors (Lipinski definition) is 6. The van der Waals surface area contributed by atoms with Gasteiger partial charge in [-0.1, -0.05) is 354 Å². The highest BCUT2D eigenvalue weighted by Crippen LogP contribution is 2.43. The average Bonchev–Trinajstić information content (AvgIpc) is 3.45. The molecule has 0 radical (unpaired) electrons. The number of carbonyl (C=O) groups excluding carboxylic acids is 2. The topological polar surface area (TPSA) is 111 Å². The summed E-state index contributed by atoms with van der Waals surface area (Å²) in [6.07, 6.45) is 75.2. The quantitative estimate of drug-likeness (QED) is 0.0205. The maximum Gasteiger partial charge on any atom is 0.472 e. The first kappa shape index (κ1) is 80.8. The zero-order chi connectivity index (χ0) is 60.0. The number of phosphoric acid groups is 1. The van der Waals surface area contributed by atoms with Crippen molar-refractivity contribution < 1.29 is 37.3 Å². The van der Waals surface area contributed by atoms with Crippen molar-refractivity contribution in [2.24, 2.45) is 0 Å². The molecule has 0 saturated carbocycles. The number of nitrogens with zero attached hydrogens (tertiary/aromatic N) is 1. The zero-order valence-electron chi connectivity index (χ0n) is 56.0. The second-order valence-electron chi connectivity index (χ2n) is 26.5. The van der Waals surface area contributed by atoms with Crippen LogP contribution in [0.1, 0.15) is 387 Å². The normalized spacial score (nSPS) is 13.5. The lowest BCUT2D eigenvalue weighted by atomic mass is 10.0. The zero-order valence-corrected chi connectivity index (χ0v) is 56.9. The van der Waals surface area contributed by atoms with Crippen molar-refractivity contribution in [3.05, 3.63) is 12.2 Å². The van der Waals surface area contributed by atoms with Crippen molar-refractivity contribution in [1.82, 2.24) is 5.32 Å². The van der Waals surface area contributed by atoms with E-state index in [0.29, 0.717) is 23.9 Å². The van der Waals surface area contributed by atoms with Gasteiger partial charge >= 0.3 is 13.8 Å². The molecule has 0 aliphatic rings. The van der Waals surface area contributed by atoms with Gasteiger partial charge in [0.05, 0.1) is 33.8 Å². The van der Waals surface area contributed by atoms with E-state index in [9.17, 15) is 19.0 Å². The summed E-state index contributed by atoms with van der Waals surface area (Å²) >= 11 is 0. The standard InChI is InChI=1S/C72H143N2O7P/c1-7-10-13-16-19-22-25-28-30-32-33-34-35-36-37-38-39-40-41-42-44-47-50-53-56-59-62-65-72(76)81-70(63-60-57-54-51-48-45-27-24-21-18-15-12-9-3)69(68-80-82(77,78)79-67-66-74(4,5)6)73-71(75)64-61-58-55-52-49-46-43-31-29-26-23-20-17-14-11-8-2/h60,63,69-70H,7-59,61-62,64-68H2,1-6H3,(H-,73,75,77,78)/p+1/b63-60-. The highest BCUT2D eigenvalue weighted by molar-refractivity contribution is 7.47. The first-order valence-electron chi connectivity index (χ1n) is 36.5.